The molecule has 1 saturated carbocycles. The van der Waals surface area contributed by atoms with E-state index in [0.717, 1.165) is 31.7 Å². The third-order valence-corrected chi connectivity index (χ3v) is 5.14. The molecule has 0 aromatic heterocycles. The Balaban J connectivity index is 2.26. The smallest absolute Gasteiger partial charge is 0.422 e. The summed E-state index contributed by atoms with van der Waals surface area (Å²) in [7, 11) is 0. The molecule has 1 aliphatic carbocycles. The lowest BCUT2D eigenvalue weighted by molar-refractivity contribution is -0.158. The summed E-state index contributed by atoms with van der Waals surface area (Å²) >= 11 is 17.9. The van der Waals surface area contributed by atoms with Crippen LogP contribution in [-0.4, -0.2) is 29.6 Å². The molecule has 1 aromatic carbocycles. The minimum absolute atomic E-state index is 0.0500. The van der Waals surface area contributed by atoms with Gasteiger partial charge in [-0.25, -0.2) is 14.4 Å². The maximum atomic E-state index is 12.5. The first-order chi connectivity index (χ1) is 12.3. The average Bonchev–Trinajstić information content (AvgIpc) is 3.41. The van der Waals surface area contributed by atoms with Gasteiger partial charge in [0, 0.05) is 0 Å². The van der Waals surface area contributed by atoms with Crippen LogP contribution < -0.4 is 4.74 Å². The van der Waals surface area contributed by atoms with E-state index in [-0.39, 0.29) is 33.2 Å². The van der Waals surface area contributed by atoms with E-state index < -0.39 is 23.7 Å². The summed E-state index contributed by atoms with van der Waals surface area (Å²) in [5.41, 5.74) is -0.371. The maximum Gasteiger partial charge on any atom is 0.422 e. The van der Waals surface area contributed by atoms with Crippen LogP contribution >= 0.6 is 34.8 Å². The van der Waals surface area contributed by atoms with Crippen molar-refractivity contribution in [3.05, 3.63) is 26.7 Å². The number of carboxylic acids is 1. The molecule has 1 aliphatic rings. The fourth-order valence-corrected chi connectivity index (χ4v) is 3.36. The maximum absolute atomic E-state index is 12.5. The van der Waals surface area contributed by atoms with Gasteiger partial charge >= 0.3 is 17.9 Å². The molecule has 0 radical (unpaired) electrons. The lowest BCUT2D eigenvalue weighted by atomic mass is 9.99. The first-order valence-electron chi connectivity index (χ1n) is 8.05. The number of benzene rings is 1. The molecule has 0 spiro atoms. The van der Waals surface area contributed by atoms with Crippen molar-refractivity contribution >= 4 is 52.7 Å². The zero-order chi connectivity index (χ0) is 19.4. The summed E-state index contributed by atoms with van der Waals surface area (Å²) < 4.78 is 10.0. The van der Waals surface area contributed by atoms with Gasteiger partial charge in [0.05, 0.1) is 21.7 Å². The Hall–Kier alpha value is -1.50. The second-order valence-corrected chi connectivity index (χ2v) is 7.23. The Morgan fingerprint density at radius 2 is 1.88 bits per heavy atom. The topological polar surface area (TPSA) is 89.9 Å². The van der Waals surface area contributed by atoms with Crippen molar-refractivity contribution in [2.75, 3.05) is 6.61 Å². The van der Waals surface area contributed by atoms with Crippen LogP contribution in [0.25, 0.3) is 0 Å². The molecule has 0 aliphatic heterocycles. The number of carbonyl (C=O) groups is 3. The molecule has 0 amide bonds. The number of carboxylic acid groups (broad SMARTS) is 1. The number of hydrogen-bond donors (Lipinski definition) is 1. The summed E-state index contributed by atoms with van der Waals surface area (Å²) in [6, 6.07) is 1.15. The van der Waals surface area contributed by atoms with Crippen molar-refractivity contribution in [2.45, 2.75) is 32.6 Å². The summed E-state index contributed by atoms with van der Waals surface area (Å²) in [5, 5.41) is 8.19. The molecule has 0 saturated heterocycles. The number of ether oxygens (including phenoxy) is 2. The largest absolute Gasteiger partial charge is 0.473 e. The number of aliphatic carboxylic acids is 1. The Morgan fingerprint density at radius 3 is 2.42 bits per heavy atom. The number of carbonyl (C=O) groups excluding carboxylic acids is 2. The third-order valence-electron chi connectivity index (χ3n) is 4.08. The first-order valence-corrected chi connectivity index (χ1v) is 9.19. The van der Waals surface area contributed by atoms with Gasteiger partial charge in [0.2, 0.25) is 0 Å². The van der Waals surface area contributed by atoms with Gasteiger partial charge in [-0.2, -0.15) is 0 Å². The molecule has 142 valence electrons. The van der Waals surface area contributed by atoms with E-state index >= 15 is 0 Å². The van der Waals surface area contributed by atoms with Crippen molar-refractivity contribution in [1.82, 2.24) is 0 Å². The molecule has 2 rings (SSSR count). The Labute approximate surface area is 165 Å². The summed E-state index contributed by atoms with van der Waals surface area (Å²) in [5.74, 6) is -4.05. The monoisotopic (exact) mass is 422 g/mol. The zero-order valence-electron chi connectivity index (χ0n) is 13.9. The standard InChI is InChI=1S/C17H17Cl3O6/c1-2-3-9(8-4-5-8)7-25-16(23)12-13(20)10(18)6-11(19)14(12)26-17(24)15(21)22/h6,8-9H,2-5,7H2,1H3,(H,21,22). The normalized spacial score (nSPS) is 14.6. The fourth-order valence-electron chi connectivity index (χ4n) is 2.65. The van der Waals surface area contributed by atoms with Gasteiger partial charge in [0.15, 0.2) is 5.75 Å². The highest BCUT2D eigenvalue weighted by Crippen LogP contribution is 2.41. The van der Waals surface area contributed by atoms with Crippen LogP contribution in [0.1, 0.15) is 43.0 Å². The van der Waals surface area contributed by atoms with Crippen LogP contribution in [0.15, 0.2) is 6.07 Å². The van der Waals surface area contributed by atoms with Gasteiger partial charge in [-0.15, -0.1) is 0 Å². The van der Waals surface area contributed by atoms with Gasteiger partial charge in [0.1, 0.15) is 5.56 Å². The molecule has 1 fully saturated rings. The molecule has 6 nitrogen and oxygen atoms in total. The van der Waals surface area contributed by atoms with Crippen LogP contribution in [0, 0.1) is 11.8 Å². The summed E-state index contributed by atoms with van der Waals surface area (Å²) in [6.45, 7) is 2.23. The predicted molar refractivity (Wildman–Crippen MR) is 96.1 cm³/mol. The minimum Gasteiger partial charge on any atom is -0.473 e. The minimum atomic E-state index is -1.84. The van der Waals surface area contributed by atoms with E-state index in [9.17, 15) is 14.4 Å². The lowest BCUT2D eigenvalue weighted by Gasteiger charge is -2.17. The Bertz CT molecular complexity index is 730. The number of halogens is 3. The molecular formula is C17H17Cl3O6. The van der Waals surface area contributed by atoms with Crippen molar-refractivity contribution in [3.63, 3.8) is 0 Å². The highest BCUT2D eigenvalue weighted by atomic mass is 35.5. The van der Waals surface area contributed by atoms with Crippen LogP contribution in [0.2, 0.25) is 15.1 Å². The predicted octanol–water partition coefficient (Wildman–Crippen LogP) is 4.62. The molecule has 1 atom stereocenters. The van der Waals surface area contributed by atoms with Gasteiger partial charge in [-0.05, 0) is 37.2 Å². The quantitative estimate of drug-likeness (QED) is 0.298. The molecule has 0 heterocycles. The van der Waals surface area contributed by atoms with Gasteiger partial charge in [0.25, 0.3) is 0 Å². The molecule has 1 N–H and O–H groups in total. The van der Waals surface area contributed by atoms with E-state index in [1.807, 2.05) is 6.92 Å². The second kappa shape index (κ2) is 8.93. The average molecular weight is 424 g/mol. The highest BCUT2D eigenvalue weighted by Gasteiger charge is 2.33. The van der Waals surface area contributed by atoms with E-state index in [4.69, 9.17) is 49.4 Å². The van der Waals surface area contributed by atoms with E-state index in [1.165, 1.54) is 0 Å². The van der Waals surface area contributed by atoms with E-state index in [0.29, 0.717) is 5.92 Å². The van der Waals surface area contributed by atoms with Crippen molar-refractivity contribution in [3.8, 4) is 5.75 Å². The number of rotatable bonds is 7. The lowest BCUT2D eigenvalue weighted by Crippen LogP contribution is -2.22. The number of esters is 2. The van der Waals surface area contributed by atoms with Crippen molar-refractivity contribution in [2.24, 2.45) is 11.8 Å². The third kappa shape index (κ3) is 5.02. The van der Waals surface area contributed by atoms with Crippen molar-refractivity contribution < 1.29 is 29.0 Å². The van der Waals surface area contributed by atoms with Gasteiger partial charge in [-0.3, -0.25) is 0 Å². The SMILES string of the molecule is CCCC(COC(=O)c1c(Cl)c(Cl)cc(Cl)c1OC(=O)C(=O)O)C1CC1. The molecule has 1 unspecified atom stereocenters. The van der Waals surface area contributed by atoms with Gasteiger partial charge < -0.3 is 14.6 Å². The number of hydrogen-bond acceptors (Lipinski definition) is 5. The molecule has 0 bridgehead atoms. The van der Waals surface area contributed by atoms with Crippen LogP contribution in [0.3, 0.4) is 0 Å². The van der Waals surface area contributed by atoms with E-state index in [1.54, 1.807) is 0 Å². The summed E-state index contributed by atoms with van der Waals surface area (Å²) in [4.78, 5) is 34.6. The van der Waals surface area contributed by atoms with Crippen LogP contribution in [0.4, 0.5) is 0 Å². The molecule has 9 heteroatoms. The zero-order valence-corrected chi connectivity index (χ0v) is 16.2. The Kier molecular flexibility index (Phi) is 7.15. The molecule has 26 heavy (non-hydrogen) atoms. The highest BCUT2D eigenvalue weighted by molar-refractivity contribution is 6.46. The fraction of sp³-hybridized carbons (Fsp3) is 0.471. The molecule has 1 aromatic rings. The summed E-state index contributed by atoms with van der Waals surface area (Å²) in [6.07, 6.45) is 4.09. The second-order valence-electron chi connectivity index (χ2n) is 6.04. The van der Waals surface area contributed by atoms with E-state index in [2.05, 4.69) is 0 Å². The van der Waals surface area contributed by atoms with Gasteiger partial charge in [-0.1, -0.05) is 48.1 Å². The van der Waals surface area contributed by atoms with Crippen LogP contribution in [0.5, 0.6) is 5.75 Å². The van der Waals surface area contributed by atoms with Crippen molar-refractivity contribution in [1.29, 1.82) is 0 Å². The molecular weight excluding hydrogens is 407 g/mol. The first kappa shape index (κ1) is 20.8. The Morgan fingerprint density at radius 1 is 1.23 bits per heavy atom. The van der Waals surface area contributed by atoms with Crippen LogP contribution in [-0.2, 0) is 14.3 Å².